The maximum absolute atomic E-state index is 2.25. The predicted molar refractivity (Wildman–Crippen MR) is 44.4 cm³/mol. The third-order valence-electron chi connectivity index (χ3n) is 0.596. The molecule has 0 atom stereocenters. The summed E-state index contributed by atoms with van der Waals surface area (Å²) in [7, 11) is 1.58. The second-order valence-corrected chi connectivity index (χ2v) is 4.70. The van der Waals surface area contributed by atoms with E-state index in [4.69, 9.17) is 0 Å². The molecule has 0 saturated carbocycles. The van der Waals surface area contributed by atoms with E-state index in [1.807, 2.05) is 0 Å². The zero-order valence-corrected chi connectivity index (χ0v) is 7.72. The van der Waals surface area contributed by atoms with Crippen LogP contribution in [0.5, 0.6) is 0 Å². The van der Waals surface area contributed by atoms with Gasteiger partial charge < -0.3 is 0 Å². The predicted octanol–water partition coefficient (Wildman–Crippen LogP) is 3.17. The van der Waals surface area contributed by atoms with Crippen LogP contribution in [0.15, 0.2) is 0 Å². The summed E-state index contributed by atoms with van der Waals surface area (Å²) >= 11 is 0. The minimum atomic E-state index is 0. The van der Waals surface area contributed by atoms with Crippen molar-refractivity contribution >= 4 is 21.0 Å². The number of rotatable bonds is 2. The van der Waals surface area contributed by atoms with Crippen molar-refractivity contribution in [1.82, 2.24) is 0 Å². The maximum Gasteiger partial charge on any atom is -0.0225 e. The lowest BCUT2D eigenvalue weighted by Crippen LogP contribution is -1.90. The molecule has 8 heavy (non-hydrogen) atoms. The van der Waals surface area contributed by atoms with Crippen LogP contribution in [-0.2, 0) is 0 Å². The van der Waals surface area contributed by atoms with Crippen LogP contribution in [0.25, 0.3) is 0 Å². The Balaban J connectivity index is 0. The largest absolute Gasteiger partial charge is 0.147 e. The first-order valence-electron chi connectivity index (χ1n) is 2.83. The lowest BCUT2D eigenvalue weighted by Gasteiger charge is -2.04. The first-order chi connectivity index (χ1) is 3.13. The molecule has 51 valence electrons. The van der Waals surface area contributed by atoms with Crippen molar-refractivity contribution in [3.8, 4) is 0 Å². The van der Waals surface area contributed by atoms with Crippen molar-refractivity contribution in [2.24, 2.45) is 0 Å². The summed E-state index contributed by atoms with van der Waals surface area (Å²) < 4.78 is 0. The van der Waals surface area contributed by atoms with Gasteiger partial charge in [0.2, 0.25) is 0 Å². The van der Waals surface area contributed by atoms with Gasteiger partial charge in [-0.3, -0.25) is 0 Å². The summed E-state index contributed by atoms with van der Waals surface area (Å²) in [6.07, 6.45) is 0. The van der Waals surface area contributed by atoms with Gasteiger partial charge in [0, 0.05) is 0 Å². The molecule has 0 amide bonds. The average molecular weight is 154 g/mol. The molecule has 0 fully saturated rings. The van der Waals surface area contributed by atoms with Gasteiger partial charge in [0.1, 0.15) is 0 Å². The Morgan fingerprint density at radius 3 is 1.12 bits per heavy atom. The molecular weight excluding hydrogens is 138 g/mol. The second kappa shape index (κ2) is 5.85. The van der Waals surface area contributed by atoms with E-state index in [9.17, 15) is 0 Å². The molecule has 0 aromatic carbocycles. The lowest BCUT2D eigenvalue weighted by atomic mass is 10.5. The first kappa shape index (κ1) is 11.5. The van der Waals surface area contributed by atoms with Crippen LogP contribution in [0.3, 0.4) is 0 Å². The van der Waals surface area contributed by atoms with E-state index in [-0.39, 0.29) is 12.4 Å². The Morgan fingerprint density at radius 2 is 1.12 bits per heavy atom. The van der Waals surface area contributed by atoms with Crippen LogP contribution in [0.1, 0.15) is 27.7 Å². The molecule has 0 spiro atoms. The highest BCUT2D eigenvalue weighted by atomic mass is 35.5. The second-order valence-electron chi connectivity index (χ2n) is 2.34. The van der Waals surface area contributed by atoms with Crippen molar-refractivity contribution in [2.75, 3.05) is 0 Å². The van der Waals surface area contributed by atoms with E-state index in [2.05, 4.69) is 27.7 Å². The van der Waals surface area contributed by atoms with Gasteiger partial charge in [-0.05, 0) is 11.3 Å². The molecule has 0 saturated heterocycles. The molecule has 0 aliphatic rings. The number of halogens is 1. The van der Waals surface area contributed by atoms with Crippen molar-refractivity contribution < 1.29 is 0 Å². The van der Waals surface area contributed by atoms with Crippen molar-refractivity contribution in [1.29, 1.82) is 0 Å². The zero-order valence-electron chi connectivity index (χ0n) is 6.01. The maximum atomic E-state index is 2.25. The molecule has 0 aromatic heterocycles. The van der Waals surface area contributed by atoms with E-state index >= 15 is 0 Å². The van der Waals surface area contributed by atoms with Crippen molar-refractivity contribution in [2.45, 2.75) is 39.0 Å². The molecule has 0 N–H and O–H groups in total. The summed E-state index contributed by atoms with van der Waals surface area (Å²) in [5.41, 5.74) is 1.69. The third kappa shape index (κ3) is 9.87. The Kier molecular flexibility index (Phi) is 8.41. The van der Waals surface area contributed by atoms with Crippen LogP contribution in [0.2, 0.25) is 0 Å². The zero-order chi connectivity index (χ0) is 5.86. The van der Waals surface area contributed by atoms with Crippen molar-refractivity contribution in [3.05, 3.63) is 0 Å². The van der Waals surface area contributed by atoms with Gasteiger partial charge in [-0.1, -0.05) is 36.3 Å². The SMILES string of the molecule is CC(C)[P]C(C)C.Cl. The van der Waals surface area contributed by atoms with E-state index in [0.29, 0.717) is 0 Å². The van der Waals surface area contributed by atoms with Crippen LogP contribution in [-0.4, -0.2) is 11.3 Å². The van der Waals surface area contributed by atoms with E-state index < -0.39 is 0 Å². The monoisotopic (exact) mass is 153 g/mol. The average Bonchev–Trinajstić information content (AvgIpc) is 1.27. The van der Waals surface area contributed by atoms with Crippen LogP contribution >= 0.6 is 21.0 Å². The summed E-state index contributed by atoms with van der Waals surface area (Å²) in [6, 6.07) is 0. The van der Waals surface area contributed by atoms with Gasteiger partial charge in [-0.15, -0.1) is 12.4 Å². The summed E-state index contributed by atoms with van der Waals surface area (Å²) in [4.78, 5) is 0. The molecule has 0 aromatic rings. The fourth-order valence-corrected chi connectivity index (χ4v) is 1.79. The highest BCUT2D eigenvalue weighted by Crippen LogP contribution is 2.23. The number of hydrogen-bond acceptors (Lipinski definition) is 0. The van der Waals surface area contributed by atoms with Gasteiger partial charge >= 0.3 is 0 Å². The lowest BCUT2D eigenvalue weighted by molar-refractivity contribution is 1.03. The topological polar surface area (TPSA) is 0 Å². The molecule has 0 aliphatic heterocycles. The molecule has 1 radical (unpaired) electrons. The van der Waals surface area contributed by atoms with Gasteiger partial charge in [-0.25, -0.2) is 0 Å². The van der Waals surface area contributed by atoms with Gasteiger partial charge in [0.05, 0.1) is 0 Å². The summed E-state index contributed by atoms with van der Waals surface area (Å²) in [5.74, 6) is 0. The van der Waals surface area contributed by atoms with Crippen molar-refractivity contribution in [3.63, 3.8) is 0 Å². The number of hydrogen-bond donors (Lipinski definition) is 0. The Morgan fingerprint density at radius 1 is 0.875 bits per heavy atom. The summed E-state index contributed by atoms with van der Waals surface area (Å²) in [5, 5.41) is 0. The van der Waals surface area contributed by atoms with E-state index in [1.165, 1.54) is 0 Å². The van der Waals surface area contributed by atoms with Crippen LogP contribution in [0, 0.1) is 0 Å². The molecular formula is C6H15ClP. The fourth-order valence-electron chi connectivity index (χ4n) is 0.596. The standard InChI is InChI=1S/C6H14P.ClH/c1-5(2)7-6(3)4;/h5-6H,1-4H3;1H. The van der Waals surface area contributed by atoms with E-state index in [1.54, 1.807) is 8.58 Å². The van der Waals surface area contributed by atoms with Gasteiger partial charge in [-0.2, -0.15) is 0 Å². The van der Waals surface area contributed by atoms with Gasteiger partial charge in [0.15, 0.2) is 0 Å². The smallest absolute Gasteiger partial charge is 0.0225 e. The highest BCUT2D eigenvalue weighted by Gasteiger charge is 1.96. The molecule has 0 bridgehead atoms. The third-order valence-corrected chi connectivity index (χ3v) is 1.79. The quantitative estimate of drug-likeness (QED) is 0.535. The Bertz CT molecular complexity index is 37.8. The molecule has 0 aliphatic carbocycles. The van der Waals surface area contributed by atoms with E-state index in [0.717, 1.165) is 11.3 Å². The molecule has 2 heteroatoms. The molecule has 0 unspecified atom stereocenters. The Hall–Kier alpha value is 0.720. The fraction of sp³-hybridized carbons (Fsp3) is 1.00. The molecule has 0 rings (SSSR count). The Labute approximate surface area is 60.6 Å². The molecule has 0 nitrogen and oxygen atoms in total. The first-order valence-corrected chi connectivity index (χ1v) is 3.86. The van der Waals surface area contributed by atoms with Crippen LogP contribution in [0.4, 0.5) is 0 Å². The minimum absolute atomic E-state index is 0. The highest BCUT2D eigenvalue weighted by molar-refractivity contribution is 7.39. The summed E-state index contributed by atoms with van der Waals surface area (Å²) in [6.45, 7) is 9.01. The molecule has 0 heterocycles. The minimum Gasteiger partial charge on any atom is -0.147 e. The van der Waals surface area contributed by atoms with Crippen LogP contribution < -0.4 is 0 Å². The van der Waals surface area contributed by atoms with Gasteiger partial charge in [0.25, 0.3) is 0 Å². The normalized spacial score (nSPS) is 9.75.